The fourth-order valence-electron chi connectivity index (χ4n) is 2.74. The van der Waals surface area contributed by atoms with E-state index in [1.54, 1.807) is 6.33 Å². The van der Waals surface area contributed by atoms with E-state index in [1.807, 2.05) is 0 Å². The summed E-state index contributed by atoms with van der Waals surface area (Å²) in [7, 11) is 0. The number of rotatable bonds is 5. The van der Waals surface area contributed by atoms with Crippen molar-refractivity contribution in [3.63, 3.8) is 0 Å². The van der Waals surface area contributed by atoms with Crippen molar-refractivity contribution in [1.82, 2.24) is 9.97 Å². The first-order valence-corrected chi connectivity index (χ1v) is 7.91. The normalized spacial score (nSPS) is 16.1. The van der Waals surface area contributed by atoms with E-state index in [2.05, 4.69) is 28.7 Å². The number of fused-ring (bicyclic) bond motifs is 1. The molecule has 0 saturated carbocycles. The maximum Gasteiger partial charge on any atom is 0.135 e. The largest absolute Gasteiger partial charge is 0.393 e. The average molecular weight is 292 g/mol. The molecule has 0 amide bonds. The van der Waals surface area contributed by atoms with Crippen LogP contribution in [-0.4, -0.2) is 28.0 Å². The van der Waals surface area contributed by atoms with Gasteiger partial charge < -0.3 is 10.6 Å². The number of nitrogens with zero attached hydrogens (tertiary/aromatic N) is 3. The number of thiocarbonyl (C=S) groups is 1. The van der Waals surface area contributed by atoms with Crippen LogP contribution in [0.15, 0.2) is 6.33 Å². The van der Waals surface area contributed by atoms with Crippen LogP contribution in [-0.2, 0) is 12.8 Å². The zero-order valence-electron chi connectivity index (χ0n) is 12.4. The van der Waals surface area contributed by atoms with Crippen molar-refractivity contribution in [2.75, 3.05) is 18.0 Å². The van der Waals surface area contributed by atoms with Crippen molar-refractivity contribution in [3.8, 4) is 0 Å². The minimum Gasteiger partial charge on any atom is -0.393 e. The van der Waals surface area contributed by atoms with Crippen LogP contribution in [0.5, 0.6) is 0 Å². The van der Waals surface area contributed by atoms with Gasteiger partial charge in [-0.3, -0.25) is 0 Å². The highest BCUT2D eigenvalue weighted by Crippen LogP contribution is 2.26. The fourth-order valence-corrected chi connectivity index (χ4v) is 2.81. The topological polar surface area (TPSA) is 55.0 Å². The Morgan fingerprint density at radius 2 is 2.10 bits per heavy atom. The van der Waals surface area contributed by atoms with Crippen LogP contribution in [0.25, 0.3) is 0 Å². The number of nitrogens with two attached hydrogens (primary N) is 1. The van der Waals surface area contributed by atoms with Gasteiger partial charge in [-0.05, 0) is 32.6 Å². The van der Waals surface area contributed by atoms with E-state index in [-0.39, 0.29) is 5.92 Å². The van der Waals surface area contributed by atoms with Gasteiger partial charge in [-0.25, -0.2) is 9.97 Å². The molecule has 20 heavy (non-hydrogen) atoms. The molecule has 0 spiro atoms. The predicted octanol–water partition coefficient (Wildman–Crippen LogP) is 2.49. The molecule has 1 atom stereocenters. The monoisotopic (exact) mass is 292 g/mol. The summed E-state index contributed by atoms with van der Waals surface area (Å²) in [4.78, 5) is 11.9. The molecule has 1 aromatic heterocycles. The number of hydrogen-bond donors (Lipinski definition) is 1. The Hall–Kier alpha value is -1.23. The van der Waals surface area contributed by atoms with Crippen molar-refractivity contribution >= 4 is 23.0 Å². The number of aryl methyl sites for hydroxylation is 1. The molecule has 4 nitrogen and oxygen atoms in total. The standard InChI is InChI=1S/C15H24N4S/c1-3-19(9-11(2)14(16)20)15-12-7-5-4-6-8-13(12)17-10-18-15/h10-11H,3-9H2,1-2H3,(H2,16,20). The third kappa shape index (κ3) is 3.45. The Labute approximate surface area is 126 Å². The zero-order valence-corrected chi connectivity index (χ0v) is 13.2. The van der Waals surface area contributed by atoms with Gasteiger partial charge in [0.1, 0.15) is 12.1 Å². The molecule has 0 saturated heterocycles. The first kappa shape index (κ1) is 15.2. The van der Waals surface area contributed by atoms with Crippen molar-refractivity contribution < 1.29 is 0 Å². The molecule has 1 aromatic rings. The third-order valence-corrected chi connectivity index (χ3v) is 4.42. The SMILES string of the molecule is CCN(CC(C)C(N)=S)c1ncnc2c1CCCCC2. The molecule has 0 aliphatic heterocycles. The van der Waals surface area contributed by atoms with Crippen molar-refractivity contribution in [3.05, 3.63) is 17.6 Å². The molecule has 1 aliphatic carbocycles. The number of anilines is 1. The van der Waals surface area contributed by atoms with Gasteiger partial charge in [0.25, 0.3) is 0 Å². The lowest BCUT2D eigenvalue weighted by molar-refractivity contribution is 0.689. The van der Waals surface area contributed by atoms with Gasteiger partial charge in [0.05, 0.1) is 4.99 Å². The summed E-state index contributed by atoms with van der Waals surface area (Å²) in [5.74, 6) is 1.28. The second-order valence-electron chi connectivity index (χ2n) is 5.53. The van der Waals surface area contributed by atoms with Crippen LogP contribution in [0.3, 0.4) is 0 Å². The molecule has 2 N–H and O–H groups in total. The molecule has 0 fully saturated rings. The predicted molar refractivity (Wildman–Crippen MR) is 87.1 cm³/mol. The first-order chi connectivity index (χ1) is 9.63. The second kappa shape index (κ2) is 6.97. The highest BCUT2D eigenvalue weighted by molar-refractivity contribution is 7.80. The average Bonchev–Trinajstić information content (AvgIpc) is 2.69. The smallest absolute Gasteiger partial charge is 0.135 e. The Bertz CT molecular complexity index is 475. The van der Waals surface area contributed by atoms with Crippen LogP contribution in [0.2, 0.25) is 0 Å². The number of aromatic nitrogens is 2. The molecule has 1 aliphatic rings. The lowest BCUT2D eigenvalue weighted by Crippen LogP contribution is -2.35. The summed E-state index contributed by atoms with van der Waals surface area (Å²) in [6.07, 6.45) is 7.62. The Balaban J connectivity index is 2.27. The molecular weight excluding hydrogens is 268 g/mol. The lowest BCUT2D eigenvalue weighted by Gasteiger charge is -2.27. The molecule has 1 unspecified atom stereocenters. The molecule has 1 heterocycles. The Morgan fingerprint density at radius 3 is 2.80 bits per heavy atom. The minimum absolute atomic E-state index is 0.196. The van der Waals surface area contributed by atoms with Crippen molar-refractivity contribution in [2.24, 2.45) is 11.7 Å². The van der Waals surface area contributed by atoms with E-state index in [0.29, 0.717) is 4.99 Å². The molecule has 0 aromatic carbocycles. The van der Waals surface area contributed by atoms with E-state index in [1.165, 1.54) is 30.5 Å². The third-order valence-electron chi connectivity index (χ3n) is 4.01. The van der Waals surface area contributed by atoms with Crippen LogP contribution in [0.4, 0.5) is 5.82 Å². The molecule has 0 bridgehead atoms. The summed E-state index contributed by atoms with van der Waals surface area (Å²) in [6, 6.07) is 0. The molecule has 2 rings (SSSR count). The Morgan fingerprint density at radius 1 is 1.35 bits per heavy atom. The Kier molecular flexibility index (Phi) is 5.29. The first-order valence-electron chi connectivity index (χ1n) is 7.50. The van der Waals surface area contributed by atoms with E-state index in [4.69, 9.17) is 18.0 Å². The molecular formula is C15H24N4S. The van der Waals surface area contributed by atoms with Gasteiger partial charge in [-0.1, -0.05) is 25.6 Å². The summed E-state index contributed by atoms with van der Waals surface area (Å²) in [5.41, 5.74) is 8.32. The zero-order chi connectivity index (χ0) is 14.5. The summed E-state index contributed by atoms with van der Waals surface area (Å²) in [5, 5.41) is 0. The highest BCUT2D eigenvalue weighted by Gasteiger charge is 2.20. The van der Waals surface area contributed by atoms with Gasteiger partial charge in [0.2, 0.25) is 0 Å². The van der Waals surface area contributed by atoms with Gasteiger partial charge in [0, 0.05) is 30.3 Å². The molecule has 0 radical (unpaired) electrons. The van der Waals surface area contributed by atoms with Crippen molar-refractivity contribution in [1.29, 1.82) is 0 Å². The van der Waals surface area contributed by atoms with Gasteiger partial charge >= 0.3 is 0 Å². The maximum atomic E-state index is 5.75. The summed E-state index contributed by atoms with van der Waals surface area (Å²) < 4.78 is 0. The van der Waals surface area contributed by atoms with Crippen LogP contribution in [0.1, 0.15) is 44.4 Å². The number of hydrogen-bond acceptors (Lipinski definition) is 4. The second-order valence-corrected chi connectivity index (χ2v) is 6.00. The molecule has 110 valence electrons. The summed E-state index contributed by atoms with van der Waals surface area (Å²) >= 11 is 5.10. The fraction of sp³-hybridized carbons (Fsp3) is 0.667. The molecule has 5 heteroatoms. The quantitative estimate of drug-likeness (QED) is 0.667. The lowest BCUT2D eigenvalue weighted by atomic mass is 10.1. The van der Waals surface area contributed by atoms with Gasteiger partial charge in [-0.15, -0.1) is 0 Å². The van der Waals surface area contributed by atoms with E-state index in [9.17, 15) is 0 Å². The van der Waals surface area contributed by atoms with Crippen LogP contribution in [0, 0.1) is 5.92 Å². The van der Waals surface area contributed by atoms with E-state index >= 15 is 0 Å². The van der Waals surface area contributed by atoms with Gasteiger partial charge in [0.15, 0.2) is 0 Å². The maximum absolute atomic E-state index is 5.75. The van der Waals surface area contributed by atoms with E-state index < -0.39 is 0 Å². The minimum atomic E-state index is 0.196. The van der Waals surface area contributed by atoms with Gasteiger partial charge in [-0.2, -0.15) is 0 Å². The van der Waals surface area contributed by atoms with E-state index in [0.717, 1.165) is 31.7 Å². The summed E-state index contributed by atoms with van der Waals surface area (Å²) in [6.45, 7) is 5.97. The van der Waals surface area contributed by atoms with Crippen LogP contribution >= 0.6 is 12.2 Å². The highest BCUT2D eigenvalue weighted by atomic mass is 32.1. The van der Waals surface area contributed by atoms with Crippen molar-refractivity contribution in [2.45, 2.75) is 46.0 Å². The van der Waals surface area contributed by atoms with Crippen LogP contribution < -0.4 is 10.6 Å².